The van der Waals surface area contributed by atoms with Crippen molar-refractivity contribution in [2.45, 2.75) is 62.2 Å². The number of rotatable bonds is 21. The van der Waals surface area contributed by atoms with Gasteiger partial charge in [0.1, 0.15) is 42.7 Å². The number of hydrogen-bond acceptors (Lipinski definition) is 13. The zero-order chi connectivity index (χ0) is 24.5. The molecule has 0 spiro atoms. The molecule has 0 fully saturated rings. The van der Waals surface area contributed by atoms with E-state index >= 15 is 0 Å². The van der Waals surface area contributed by atoms with Crippen molar-refractivity contribution in [3.63, 3.8) is 0 Å². The van der Waals surface area contributed by atoms with Crippen molar-refractivity contribution in [2.24, 2.45) is 0 Å². The first kappa shape index (κ1) is 31.5. The largest absolute Gasteiger partial charge is 0.394 e. The zero-order valence-electron chi connectivity index (χ0n) is 18.3. The summed E-state index contributed by atoms with van der Waals surface area (Å²) in [4.78, 5) is 0. The molecule has 0 radical (unpaired) electrons. The maximum atomic E-state index is 10.6. The highest BCUT2D eigenvalue weighted by atomic mass is 16.6. The van der Waals surface area contributed by atoms with Crippen molar-refractivity contribution >= 4 is 0 Å². The van der Waals surface area contributed by atoms with Crippen molar-refractivity contribution in [1.82, 2.24) is 0 Å². The summed E-state index contributed by atoms with van der Waals surface area (Å²) in [5, 5.41) is 86.0. The molecule has 0 bridgehead atoms. The average Bonchev–Trinajstić information content (AvgIpc) is 2.81. The Morgan fingerprint density at radius 2 is 0.844 bits per heavy atom. The van der Waals surface area contributed by atoms with Crippen molar-refractivity contribution < 1.29 is 64.9 Å². The highest BCUT2D eigenvalue weighted by Gasteiger charge is 2.35. The SMILES string of the molecule is CCC(O)COCC(OCC(O)CO)C(O)C(O)C(COCC(O)CO)OCC(O)CO. The normalized spacial score (nSPS) is 19.7. The smallest absolute Gasteiger partial charge is 0.111 e. The fourth-order valence-electron chi connectivity index (χ4n) is 2.32. The Morgan fingerprint density at radius 3 is 1.19 bits per heavy atom. The highest BCUT2D eigenvalue weighted by molar-refractivity contribution is 4.84. The second-order valence-electron chi connectivity index (χ2n) is 7.37. The van der Waals surface area contributed by atoms with Crippen LogP contribution >= 0.6 is 0 Å². The van der Waals surface area contributed by atoms with Crippen molar-refractivity contribution in [2.75, 3.05) is 59.5 Å². The first-order valence-electron chi connectivity index (χ1n) is 10.5. The Labute approximate surface area is 187 Å². The van der Waals surface area contributed by atoms with Crippen LogP contribution < -0.4 is 0 Å². The lowest BCUT2D eigenvalue weighted by Crippen LogP contribution is -2.51. The molecule has 32 heavy (non-hydrogen) atoms. The number of ether oxygens (including phenoxy) is 4. The molecule has 0 rings (SSSR count). The van der Waals surface area contributed by atoms with Crippen LogP contribution in [0.3, 0.4) is 0 Å². The van der Waals surface area contributed by atoms with E-state index in [2.05, 4.69) is 0 Å². The van der Waals surface area contributed by atoms with Gasteiger partial charge in [0.2, 0.25) is 0 Å². The molecule has 8 unspecified atom stereocenters. The third-order valence-electron chi connectivity index (χ3n) is 4.41. The van der Waals surface area contributed by atoms with Crippen LogP contribution in [0, 0.1) is 0 Å². The first-order chi connectivity index (χ1) is 15.2. The van der Waals surface area contributed by atoms with E-state index in [0.29, 0.717) is 6.42 Å². The van der Waals surface area contributed by atoms with Crippen molar-refractivity contribution in [3.05, 3.63) is 0 Å². The molecule has 9 N–H and O–H groups in total. The molecule has 0 aliphatic heterocycles. The molecule has 0 aromatic rings. The summed E-state index contributed by atoms with van der Waals surface area (Å²) in [5.74, 6) is 0. The topological polar surface area (TPSA) is 219 Å². The predicted molar refractivity (Wildman–Crippen MR) is 109 cm³/mol. The summed E-state index contributed by atoms with van der Waals surface area (Å²) in [6, 6.07) is 0. The lowest BCUT2D eigenvalue weighted by Gasteiger charge is -2.32. The van der Waals surface area contributed by atoms with Gasteiger partial charge in [0.05, 0.1) is 65.6 Å². The molecule has 0 saturated carbocycles. The van der Waals surface area contributed by atoms with Gasteiger partial charge in [-0.25, -0.2) is 0 Å². The van der Waals surface area contributed by atoms with Gasteiger partial charge >= 0.3 is 0 Å². The van der Waals surface area contributed by atoms with Gasteiger partial charge in [0.15, 0.2) is 0 Å². The fourth-order valence-corrected chi connectivity index (χ4v) is 2.32. The van der Waals surface area contributed by atoms with E-state index in [-0.39, 0.29) is 33.0 Å². The number of aliphatic hydroxyl groups excluding tert-OH is 9. The Morgan fingerprint density at radius 1 is 0.500 bits per heavy atom. The van der Waals surface area contributed by atoms with Crippen LogP contribution in [-0.2, 0) is 18.9 Å². The molecular weight excluding hydrogens is 436 g/mol. The molecule has 13 heteroatoms. The van der Waals surface area contributed by atoms with Crippen LogP contribution in [0.15, 0.2) is 0 Å². The molecule has 0 aliphatic rings. The number of aliphatic hydroxyl groups is 9. The van der Waals surface area contributed by atoms with Gasteiger partial charge in [0, 0.05) is 0 Å². The molecule has 0 aromatic carbocycles. The lowest BCUT2D eigenvalue weighted by atomic mass is 10.0. The van der Waals surface area contributed by atoms with Gasteiger partial charge in [-0.2, -0.15) is 0 Å². The van der Waals surface area contributed by atoms with E-state index in [1.54, 1.807) is 6.92 Å². The minimum Gasteiger partial charge on any atom is -0.394 e. The summed E-state index contributed by atoms with van der Waals surface area (Å²) in [7, 11) is 0. The molecule has 0 saturated heterocycles. The van der Waals surface area contributed by atoms with Gasteiger partial charge < -0.3 is 64.9 Å². The summed E-state index contributed by atoms with van der Waals surface area (Å²) < 4.78 is 21.2. The second kappa shape index (κ2) is 18.9. The summed E-state index contributed by atoms with van der Waals surface area (Å²) >= 11 is 0. The molecule has 0 heterocycles. The molecule has 194 valence electrons. The number of hydrogen-bond donors (Lipinski definition) is 9. The standard InChI is InChI=1S/C19H40O13/c1-2-12(23)6-29-10-16(31-8-14(25)4-21)18(27)19(28)17(32-9-15(26)5-22)11-30-7-13(24)3-20/h12-28H,2-11H2,1H3. The minimum atomic E-state index is -1.66. The monoisotopic (exact) mass is 476 g/mol. The molecule has 0 aromatic heterocycles. The maximum absolute atomic E-state index is 10.6. The molecular formula is C19H40O13. The molecule has 8 atom stereocenters. The van der Waals surface area contributed by atoms with Crippen molar-refractivity contribution in [1.29, 1.82) is 0 Å². The maximum Gasteiger partial charge on any atom is 0.111 e. The summed E-state index contributed by atoms with van der Waals surface area (Å²) in [5.41, 5.74) is 0. The van der Waals surface area contributed by atoms with Gasteiger partial charge in [-0.1, -0.05) is 6.92 Å². The Bertz CT molecular complexity index is 392. The minimum absolute atomic E-state index is 0.0630. The summed E-state index contributed by atoms with van der Waals surface area (Å²) in [6.07, 6.45) is -9.74. The van der Waals surface area contributed by atoms with E-state index in [0.717, 1.165) is 0 Å². The fraction of sp³-hybridized carbons (Fsp3) is 1.00. The van der Waals surface area contributed by atoms with Crippen LogP contribution in [0.2, 0.25) is 0 Å². The van der Waals surface area contributed by atoms with Crippen LogP contribution in [0.1, 0.15) is 13.3 Å². The van der Waals surface area contributed by atoms with Gasteiger partial charge in [-0.3, -0.25) is 0 Å². The van der Waals surface area contributed by atoms with E-state index in [1.165, 1.54) is 0 Å². The Hall–Kier alpha value is -0.520. The molecule has 13 nitrogen and oxygen atoms in total. The molecule has 0 aliphatic carbocycles. The highest BCUT2D eigenvalue weighted by Crippen LogP contribution is 2.14. The lowest BCUT2D eigenvalue weighted by molar-refractivity contribution is -0.178. The van der Waals surface area contributed by atoms with Crippen LogP contribution in [-0.4, -0.2) is 154 Å². The van der Waals surface area contributed by atoms with E-state index in [9.17, 15) is 30.6 Å². The van der Waals surface area contributed by atoms with E-state index in [1.807, 2.05) is 0 Å². The third-order valence-corrected chi connectivity index (χ3v) is 4.41. The summed E-state index contributed by atoms with van der Waals surface area (Å²) in [6.45, 7) is -1.75. The molecule has 0 amide bonds. The van der Waals surface area contributed by atoms with Crippen LogP contribution in [0.4, 0.5) is 0 Å². The van der Waals surface area contributed by atoms with E-state index < -0.39 is 75.3 Å². The van der Waals surface area contributed by atoms with Gasteiger partial charge in [-0.05, 0) is 6.42 Å². The van der Waals surface area contributed by atoms with Crippen molar-refractivity contribution in [3.8, 4) is 0 Å². The van der Waals surface area contributed by atoms with Gasteiger partial charge in [-0.15, -0.1) is 0 Å². The Balaban J connectivity index is 5.16. The Kier molecular flexibility index (Phi) is 18.6. The van der Waals surface area contributed by atoms with Crippen LogP contribution in [0.25, 0.3) is 0 Å². The average molecular weight is 477 g/mol. The zero-order valence-corrected chi connectivity index (χ0v) is 18.3. The quantitative estimate of drug-likeness (QED) is 0.0762. The third kappa shape index (κ3) is 13.9. The van der Waals surface area contributed by atoms with E-state index in [4.69, 9.17) is 34.3 Å². The first-order valence-corrected chi connectivity index (χ1v) is 10.5. The second-order valence-corrected chi connectivity index (χ2v) is 7.37. The van der Waals surface area contributed by atoms with Crippen LogP contribution in [0.5, 0.6) is 0 Å². The predicted octanol–water partition coefficient (Wildman–Crippen LogP) is -4.66. The van der Waals surface area contributed by atoms with Gasteiger partial charge in [0.25, 0.3) is 0 Å².